The molecule has 0 aliphatic carbocycles. The van der Waals surface area contributed by atoms with Crippen LogP contribution in [-0.4, -0.2) is 27.8 Å². The molecule has 0 aromatic rings. The van der Waals surface area contributed by atoms with Crippen LogP contribution in [0, 0.1) is 5.41 Å². The Bertz CT molecular complexity index is 367. The lowest BCUT2D eigenvalue weighted by molar-refractivity contribution is -0.321. The average molecular weight is 260 g/mol. The molecule has 6 nitrogen and oxygen atoms in total. The monoisotopic (exact) mass is 260 g/mol. The van der Waals surface area contributed by atoms with Gasteiger partial charge in [-0.2, -0.15) is 4.89 Å². The van der Waals surface area contributed by atoms with E-state index in [9.17, 15) is 9.59 Å². The van der Waals surface area contributed by atoms with Crippen molar-refractivity contribution in [2.24, 2.45) is 5.41 Å². The van der Waals surface area contributed by atoms with Crippen LogP contribution in [-0.2, 0) is 19.4 Å². The van der Waals surface area contributed by atoms with Gasteiger partial charge in [0.1, 0.15) is 5.60 Å². The first-order valence-electron chi connectivity index (χ1n) is 5.43. The molecule has 0 saturated heterocycles. The molecule has 2 N–H and O–H groups in total. The molecule has 0 aliphatic rings. The molecule has 0 heterocycles. The first-order chi connectivity index (χ1) is 7.86. The summed E-state index contributed by atoms with van der Waals surface area (Å²) >= 11 is 0. The Labute approximate surface area is 106 Å². The number of aliphatic carboxylic acids is 2. The van der Waals surface area contributed by atoms with Crippen molar-refractivity contribution in [2.75, 3.05) is 0 Å². The first-order valence-corrected chi connectivity index (χ1v) is 5.43. The van der Waals surface area contributed by atoms with Crippen molar-refractivity contribution in [3.63, 3.8) is 0 Å². The summed E-state index contributed by atoms with van der Waals surface area (Å²) in [6.45, 7) is 9.72. The summed E-state index contributed by atoms with van der Waals surface area (Å²) in [6, 6.07) is 0. The van der Waals surface area contributed by atoms with Crippen LogP contribution in [0.3, 0.4) is 0 Å². The molecular formula is C12H20O6. The van der Waals surface area contributed by atoms with E-state index in [-0.39, 0.29) is 5.57 Å². The predicted octanol–water partition coefficient (Wildman–Crippen LogP) is 2.20. The maximum Gasteiger partial charge on any atom is 0.375 e. The molecule has 0 fully saturated rings. The topological polar surface area (TPSA) is 93.1 Å². The van der Waals surface area contributed by atoms with Gasteiger partial charge >= 0.3 is 11.9 Å². The van der Waals surface area contributed by atoms with Crippen molar-refractivity contribution in [3.8, 4) is 0 Å². The van der Waals surface area contributed by atoms with E-state index in [1.165, 1.54) is 0 Å². The molecule has 0 radical (unpaired) electrons. The summed E-state index contributed by atoms with van der Waals surface area (Å²) in [5.74, 6) is -3.53. The molecule has 0 amide bonds. The number of carbonyl (C=O) groups is 2. The fraction of sp³-hybridized carbons (Fsp3) is 0.667. The van der Waals surface area contributed by atoms with Crippen LogP contribution in [0.1, 0.15) is 41.5 Å². The maximum absolute atomic E-state index is 11.2. The lowest BCUT2D eigenvalue weighted by atomic mass is 9.85. The van der Waals surface area contributed by atoms with E-state index in [0.717, 1.165) is 0 Å². The minimum Gasteiger partial charge on any atom is -0.478 e. The van der Waals surface area contributed by atoms with Crippen LogP contribution in [0.5, 0.6) is 0 Å². The van der Waals surface area contributed by atoms with E-state index in [0.29, 0.717) is 0 Å². The summed E-state index contributed by atoms with van der Waals surface area (Å²) in [6.07, 6.45) is 0. The van der Waals surface area contributed by atoms with Gasteiger partial charge in [0.25, 0.3) is 5.76 Å². The van der Waals surface area contributed by atoms with E-state index in [1.807, 2.05) is 0 Å². The van der Waals surface area contributed by atoms with E-state index in [2.05, 4.69) is 0 Å². The quantitative estimate of drug-likeness (QED) is 0.348. The fourth-order valence-corrected chi connectivity index (χ4v) is 1.11. The minimum atomic E-state index is -1.48. The normalized spacial score (nSPS) is 13.9. The van der Waals surface area contributed by atoms with Crippen LogP contribution in [0.15, 0.2) is 11.3 Å². The van der Waals surface area contributed by atoms with Crippen molar-refractivity contribution in [2.45, 2.75) is 47.1 Å². The van der Waals surface area contributed by atoms with Crippen molar-refractivity contribution >= 4 is 11.9 Å². The van der Waals surface area contributed by atoms with Gasteiger partial charge in [0.15, 0.2) is 0 Å². The molecule has 0 saturated carbocycles. The molecule has 0 aromatic carbocycles. The molecule has 18 heavy (non-hydrogen) atoms. The third kappa shape index (κ3) is 5.18. The third-order valence-electron chi connectivity index (χ3n) is 1.76. The number of hydrogen-bond acceptors (Lipinski definition) is 4. The van der Waals surface area contributed by atoms with Crippen LogP contribution in [0.2, 0.25) is 0 Å². The zero-order chi connectivity index (χ0) is 14.7. The molecular weight excluding hydrogens is 240 g/mol. The standard InChI is InChI=1S/C12H20O6/c1-11(2,3)7(9(13)14)8(10(15)16)17-18-12(4,5)6/h1-6H3,(H,13,14)(H,15,16). The molecule has 104 valence electrons. The Balaban J connectivity index is 5.52. The summed E-state index contributed by atoms with van der Waals surface area (Å²) in [4.78, 5) is 31.8. The summed E-state index contributed by atoms with van der Waals surface area (Å²) in [7, 11) is 0. The van der Waals surface area contributed by atoms with Crippen LogP contribution in [0.4, 0.5) is 0 Å². The van der Waals surface area contributed by atoms with Crippen LogP contribution >= 0.6 is 0 Å². The highest BCUT2D eigenvalue weighted by atomic mass is 17.2. The molecule has 0 bridgehead atoms. The fourth-order valence-electron chi connectivity index (χ4n) is 1.11. The van der Waals surface area contributed by atoms with Gasteiger partial charge in [0.2, 0.25) is 0 Å². The highest BCUT2D eigenvalue weighted by molar-refractivity contribution is 5.98. The van der Waals surface area contributed by atoms with Gasteiger partial charge in [-0.15, -0.1) is 0 Å². The Morgan fingerprint density at radius 1 is 0.889 bits per heavy atom. The lowest BCUT2D eigenvalue weighted by Gasteiger charge is -2.23. The second kappa shape index (κ2) is 5.39. The summed E-state index contributed by atoms with van der Waals surface area (Å²) in [5, 5.41) is 18.1. The van der Waals surface area contributed by atoms with Gasteiger partial charge in [0.05, 0.1) is 5.57 Å². The van der Waals surface area contributed by atoms with Crippen LogP contribution in [0.25, 0.3) is 0 Å². The molecule has 0 aromatic heterocycles. The maximum atomic E-state index is 11.2. The first kappa shape index (κ1) is 16.4. The third-order valence-corrected chi connectivity index (χ3v) is 1.76. The van der Waals surface area contributed by atoms with E-state index < -0.39 is 28.7 Å². The Morgan fingerprint density at radius 3 is 1.56 bits per heavy atom. The van der Waals surface area contributed by atoms with E-state index >= 15 is 0 Å². The van der Waals surface area contributed by atoms with Gasteiger partial charge < -0.3 is 15.1 Å². The van der Waals surface area contributed by atoms with Gasteiger partial charge in [0, 0.05) is 0 Å². The second-order valence-electron chi connectivity index (χ2n) is 5.84. The number of carboxylic acids is 2. The molecule has 0 rings (SSSR count). The average Bonchev–Trinajstić information content (AvgIpc) is 2.06. The van der Waals surface area contributed by atoms with Crippen molar-refractivity contribution in [1.29, 1.82) is 0 Å². The highest BCUT2D eigenvalue weighted by Crippen LogP contribution is 2.29. The van der Waals surface area contributed by atoms with Gasteiger partial charge in [-0.1, -0.05) is 20.8 Å². The van der Waals surface area contributed by atoms with Gasteiger partial charge in [-0.25, -0.2) is 9.59 Å². The Morgan fingerprint density at radius 2 is 1.33 bits per heavy atom. The number of hydrogen-bond donors (Lipinski definition) is 2. The van der Waals surface area contributed by atoms with Gasteiger partial charge in [-0.3, -0.25) is 0 Å². The minimum absolute atomic E-state index is 0.348. The molecule has 0 spiro atoms. The smallest absolute Gasteiger partial charge is 0.375 e. The molecule has 0 aliphatic heterocycles. The Kier molecular flexibility index (Phi) is 4.92. The zero-order valence-corrected chi connectivity index (χ0v) is 11.5. The highest BCUT2D eigenvalue weighted by Gasteiger charge is 2.33. The lowest BCUT2D eigenvalue weighted by Crippen LogP contribution is -2.27. The predicted molar refractivity (Wildman–Crippen MR) is 63.7 cm³/mol. The largest absolute Gasteiger partial charge is 0.478 e. The number of rotatable bonds is 4. The zero-order valence-electron chi connectivity index (χ0n) is 11.5. The molecule has 6 heteroatoms. The second-order valence-corrected chi connectivity index (χ2v) is 5.84. The molecule has 0 unspecified atom stereocenters. The van der Waals surface area contributed by atoms with E-state index in [4.69, 9.17) is 20.0 Å². The van der Waals surface area contributed by atoms with Gasteiger partial charge in [-0.05, 0) is 26.2 Å². The number of carboxylic acid groups (broad SMARTS) is 2. The van der Waals surface area contributed by atoms with Crippen molar-refractivity contribution in [3.05, 3.63) is 11.3 Å². The molecule has 0 atom stereocenters. The van der Waals surface area contributed by atoms with Crippen molar-refractivity contribution in [1.82, 2.24) is 0 Å². The van der Waals surface area contributed by atoms with Crippen molar-refractivity contribution < 1.29 is 29.6 Å². The summed E-state index contributed by atoms with van der Waals surface area (Å²) in [5.41, 5.74) is -1.98. The summed E-state index contributed by atoms with van der Waals surface area (Å²) < 4.78 is 0. The SMILES string of the molecule is CC(C)(C)OOC(C(=O)O)=C(C(=O)O)C(C)(C)C. The van der Waals surface area contributed by atoms with E-state index in [1.54, 1.807) is 41.5 Å². The Hall–Kier alpha value is -1.56. The van der Waals surface area contributed by atoms with Crippen LogP contribution < -0.4 is 0 Å².